The van der Waals surface area contributed by atoms with Crippen molar-refractivity contribution in [2.75, 3.05) is 13.3 Å². The van der Waals surface area contributed by atoms with Crippen LogP contribution in [0.25, 0.3) is 6.08 Å². The van der Waals surface area contributed by atoms with E-state index in [4.69, 9.17) is 14.2 Å². The number of hydrogen-bond acceptors (Lipinski definition) is 5. The van der Waals surface area contributed by atoms with Crippen molar-refractivity contribution in [3.8, 4) is 17.2 Å². The Kier molecular flexibility index (Phi) is 6.07. The molecule has 170 valence electrons. The fourth-order valence-electron chi connectivity index (χ4n) is 4.67. The van der Waals surface area contributed by atoms with Crippen LogP contribution in [0.1, 0.15) is 45.0 Å². The van der Waals surface area contributed by atoms with Gasteiger partial charge in [-0.3, -0.25) is 0 Å². The summed E-state index contributed by atoms with van der Waals surface area (Å²) in [5.74, 6) is 2.39. The molecule has 0 fully saturated rings. The Morgan fingerprint density at radius 3 is 2.67 bits per heavy atom. The number of hydrogen-bond donors (Lipinski definition) is 2. The van der Waals surface area contributed by atoms with Gasteiger partial charge in [-0.05, 0) is 71.8 Å². The van der Waals surface area contributed by atoms with E-state index >= 15 is 0 Å². The highest BCUT2D eigenvalue weighted by molar-refractivity contribution is 5.62. The molecule has 1 atom stereocenters. The molecule has 33 heavy (non-hydrogen) atoms. The molecule has 3 aromatic carbocycles. The monoisotopic (exact) mass is 443 g/mol. The normalized spacial score (nSPS) is 16.8. The van der Waals surface area contributed by atoms with Crippen LogP contribution in [0.5, 0.6) is 17.2 Å². The first-order valence-corrected chi connectivity index (χ1v) is 11.4. The third-order valence-corrected chi connectivity index (χ3v) is 6.46. The van der Waals surface area contributed by atoms with Crippen molar-refractivity contribution in [3.63, 3.8) is 0 Å². The molecular weight excluding hydrogens is 414 g/mol. The highest BCUT2D eigenvalue weighted by Gasteiger charge is 2.24. The lowest BCUT2D eigenvalue weighted by atomic mass is 9.87. The SMILES string of the molecule is Cc1cc2c(cc1/C=C/C1NCCc3c1cc(CO)c(OCc1ccccc1)c3C)OCO2. The Bertz CT molecular complexity index is 1190. The van der Waals surface area contributed by atoms with Gasteiger partial charge in [0.25, 0.3) is 0 Å². The summed E-state index contributed by atoms with van der Waals surface area (Å²) in [5, 5.41) is 13.7. The Morgan fingerprint density at radius 2 is 1.88 bits per heavy atom. The van der Waals surface area contributed by atoms with Crippen LogP contribution in [-0.4, -0.2) is 18.4 Å². The van der Waals surface area contributed by atoms with Gasteiger partial charge in [-0.1, -0.05) is 42.5 Å². The second-order valence-electron chi connectivity index (χ2n) is 8.59. The summed E-state index contributed by atoms with van der Waals surface area (Å²) < 4.78 is 17.2. The van der Waals surface area contributed by atoms with Crippen molar-refractivity contribution >= 4 is 6.08 Å². The van der Waals surface area contributed by atoms with Gasteiger partial charge in [-0.25, -0.2) is 0 Å². The van der Waals surface area contributed by atoms with Gasteiger partial charge in [-0.2, -0.15) is 0 Å². The second kappa shape index (κ2) is 9.30. The zero-order chi connectivity index (χ0) is 22.8. The number of aryl methyl sites for hydroxylation is 1. The van der Waals surface area contributed by atoms with Gasteiger partial charge in [0.15, 0.2) is 11.5 Å². The Labute approximate surface area is 194 Å². The predicted molar refractivity (Wildman–Crippen MR) is 129 cm³/mol. The molecule has 0 radical (unpaired) electrons. The van der Waals surface area contributed by atoms with E-state index in [9.17, 15) is 5.11 Å². The van der Waals surface area contributed by atoms with Crippen molar-refractivity contribution < 1.29 is 19.3 Å². The van der Waals surface area contributed by atoms with E-state index in [1.807, 2.05) is 30.3 Å². The summed E-state index contributed by atoms with van der Waals surface area (Å²) in [6, 6.07) is 16.3. The first-order valence-electron chi connectivity index (χ1n) is 11.4. The van der Waals surface area contributed by atoms with Gasteiger partial charge in [0, 0.05) is 12.1 Å². The Balaban J connectivity index is 1.43. The Morgan fingerprint density at radius 1 is 1.09 bits per heavy atom. The van der Waals surface area contributed by atoms with Crippen molar-refractivity contribution in [1.82, 2.24) is 5.32 Å². The molecule has 1 unspecified atom stereocenters. The molecule has 0 aromatic heterocycles. The summed E-state index contributed by atoms with van der Waals surface area (Å²) in [4.78, 5) is 0. The summed E-state index contributed by atoms with van der Waals surface area (Å²) >= 11 is 0. The van der Waals surface area contributed by atoms with E-state index in [0.717, 1.165) is 58.0 Å². The molecule has 5 heteroatoms. The topological polar surface area (TPSA) is 60.0 Å². The molecule has 0 saturated heterocycles. The van der Waals surface area contributed by atoms with Crippen LogP contribution in [0.4, 0.5) is 0 Å². The summed E-state index contributed by atoms with van der Waals surface area (Å²) in [7, 11) is 0. The van der Waals surface area contributed by atoms with Gasteiger partial charge in [-0.15, -0.1) is 0 Å². The van der Waals surface area contributed by atoms with Gasteiger partial charge < -0.3 is 24.6 Å². The molecule has 0 spiro atoms. The van der Waals surface area contributed by atoms with Crippen molar-refractivity contribution in [2.24, 2.45) is 0 Å². The van der Waals surface area contributed by atoms with Crippen molar-refractivity contribution in [3.05, 3.63) is 93.6 Å². The molecule has 2 aliphatic heterocycles. The highest BCUT2D eigenvalue weighted by Crippen LogP contribution is 2.38. The van der Waals surface area contributed by atoms with Crippen LogP contribution >= 0.6 is 0 Å². The number of aliphatic hydroxyl groups is 1. The van der Waals surface area contributed by atoms with Crippen LogP contribution in [0.3, 0.4) is 0 Å². The summed E-state index contributed by atoms with van der Waals surface area (Å²) in [6.45, 7) is 5.77. The van der Waals surface area contributed by atoms with E-state index < -0.39 is 0 Å². The minimum absolute atomic E-state index is 0.0596. The maximum absolute atomic E-state index is 10.1. The van der Waals surface area contributed by atoms with Gasteiger partial charge in [0.1, 0.15) is 12.4 Å². The number of nitrogens with one attached hydrogen (secondary N) is 1. The number of ether oxygens (including phenoxy) is 3. The van der Waals surface area contributed by atoms with E-state index in [1.54, 1.807) is 0 Å². The van der Waals surface area contributed by atoms with Crippen LogP contribution in [0.2, 0.25) is 0 Å². The molecule has 2 aliphatic rings. The third kappa shape index (κ3) is 4.34. The van der Waals surface area contributed by atoms with E-state index in [0.29, 0.717) is 6.61 Å². The van der Waals surface area contributed by atoms with Crippen LogP contribution < -0.4 is 19.5 Å². The molecular formula is C28H29NO4. The van der Waals surface area contributed by atoms with Crippen molar-refractivity contribution in [1.29, 1.82) is 0 Å². The van der Waals surface area contributed by atoms with E-state index in [1.165, 1.54) is 11.1 Å². The first kappa shape index (κ1) is 21.6. The first-order chi connectivity index (χ1) is 16.1. The average Bonchev–Trinajstić information content (AvgIpc) is 3.29. The lowest BCUT2D eigenvalue weighted by Gasteiger charge is -2.29. The minimum atomic E-state index is -0.0596. The maximum atomic E-state index is 10.1. The molecule has 3 aromatic rings. The zero-order valence-electron chi connectivity index (χ0n) is 19.1. The lowest BCUT2D eigenvalue weighted by molar-refractivity contribution is 0.174. The number of benzene rings is 3. The number of fused-ring (bicyclic) bond motifs is 2. The molecule has 5 nitrogen and oxygen atoms in total. The largest absolute Gasteiger partial charge is 0.488 e. The number of aliphatic hydroxyl groups excluding tert-OH is 1. The quantitative estimate of drug-likeness (QED) is 0.561. The predicted octanol–water partition coefficient (Wildman–Crippen LogP) is 5.00. The summed E-state index contributed by atoms with van der Waals surface area (Å²) in [5.41, 5.74) is 7.80. The molecule has 2 heterocycles. The molecule has 0 amide bonds. The van der Waals surface area contributed by atoms with Crippen LogP contribution in [-0.2, 0) is 19.6 Å². The highest BCUT2D eigenvalue weighted by atomic mass is 16.7. The van der Waals surface area contributed by atoms with Gasteiger partial charge >= 0.3 is 0 Å². The number of rotatable bonds is 6. The van der Waals surface area contributed by atoms with Crippen molar-refractivity contribution in [2.45, 2.75) is 39.5 Å². The molecule has 0 aliphatic carbocycles. The van der Waals surface area contributed by atoms with Gasteiger partial charge in [0.2, 0.25) is 6.79 Å². The fraction of sp³-hybridized carbons (Fsp3) is 0.286. The maximum Gasteiger partial charge on any atom is 0.231 e. The van der Waals surface area contributed by atoms with E-state index in [2.05, 4.69) is 49.5 Å². The zero-order valence-corrected chi connectivity index (χ0v) is 19.1. The standard InChI is InChI=1S/C28H29NO4/c1-18-12-26-27(33-17-32-26)14-21(18)8-9-25-24-13-22(15-30)28(19(2)23(24)10-11-29-25)31-16-20-6-4-3-5-7-20/h3-9,12-14,25,29-30H,10-11,15-17H2,1-2H3/b9-8+. The fourth-order valence-corrected chi connectivity index (χ4v) is 4.67. The minimum Gasteiger partial charge on any atom is -0.488 e. The molecule has 0 bridgehead atoms. The molecule has 2 N–H and O–H groups in total. The lowest BCUT2D eigenvalue weighted by Crippen LogP contribution is -2.29. The summed E-state index contributed by atoms with van der Waals surface area (Å²) in [6.07, 6.45) is 5.26. The third-order valence-electron chi connectivity index (χ3n) is 6.46. The average molecular weight is 444 g/mol. The Hall–Kier alpha value is -3.28. The van der Waals surface area contributed by atoms with Crippen LogP contribution in [0.15, 0.2) is 54.6 Å². The van der Waals surface area contributed by atoms with Gasteiger partial charge in [0.05, 0.1) is 12.6 Å². The molecule has 0 saturated carbocycles. The second-order valence-corrected chi connectivity index (χ2v) is 8.59. The molecule has 5 rings (SSSR count). The van der Waals surface area contributed by atoms with E-state index in [-0.39, 0.29) is 19.4 Å². The van der Waals surface area contributed by atoms with Crippen LogP contribution in [0, 0.1) is 13.8 Å². The smallest absolute Gasteiger partial charge is 0.231 e.